The van der Waals surface area contributed by atoms with Gasteiger partial charge in [0.2, 0.25) is 0 Å². The Bertz CT molecular complexity index is 453. The third kappa shape index (κ3) is 2.83. The molecule has 0 aliphatic carbocycles. The summed E-state index contributed by atoms with van der Waals surface area (Å²) in [6.07, 6.45) is 3.43. The maximum Gasteiger partial charge on any atom is 0.151 e. The molecular formula is C12H9Br2NO. The van der Waals surface area contributed by atoms with E-state index in [1.54, 1.807) is 12.4 Å². The number of benzene rings is 1. The fraction of sp³-hybridized carbons (Fsp3) is 0.0833. The second-order valence-electron chi connectivity index (χ2n) is 3.21. The average Bonchev–Trinajstić information content (AvgIpc) is 2.30. The summed E-state index contributed by atoms with van der Waals surface area (Å²) in [5.41, 5.74) is 1.14. The first-order chi connectivity index (χ1) is 7.77. The largest absolute Gasteiger partial charge is 0.486 e. The van der Waals surface area contributed by atoms with E-state index in [9.17, 15) is 0 Å². The fourth-order valence-electron chi connectivity index (χ4n) is 1.27. The molecule has 4 heteroatoms. The van der Waals surface area contributed by atoms with Crippen molar-refractivity contribution >= 4 is 31.9 Å². The van der Waals surface area contributed by atoms with Crippen molar-refractivity contribution in [2.45, 2.75) is 6.61 Å². The first-order valence-electron chi connectivity index (χ1n) is 4.73. The van der Waals surface area contributed by atoms with E-state index >= 15 is 0 Å². The molecule has 0 saturated carbocycles. The van der Waals surface area contributed by atoms with Crippen LogP contribution in [-0.2, 0) is 6.61 Å². The second-order valence-corrected chi connectivity index (χ2v) is 4.92. The van der Waals surface area contributed by atoms with Gasteiger partial charge in [0.25, 0.3) is 0 Å². The van der Waals surface area contributed by atoms with Gasteiger partial charge in [-0.3, -0.25) is 4.98 Å². The molecule has 0 aliphatic heterocycles. The smallest absolute Gasteiger partial charge is 0.151 e. The first kappa shape index (κ1) is 11.6. The zero-order valence-electron chi connectivity index (χ0n) is 8.36. The molecule has 0 bridgehead atoms. The van der Waals surface area contributed by atoms with Crippen molar-refractivity contribution < 1.29 is 4.74 Å². The summed E-state index contributed by atoms with van der Waals surface area (Å²) >= 11 is 6.81. The molecule has 0 fully saturated rings. The lowest BCUT2D eigenvalue weighted by atomic mass is 10.2. The van der Waals surface area contributed by atoms with Crippen LogP contribution < -0.4 is 4.74 Å². The van der Waals surface area contributed by atoms with Crippen LogP contribution in [0.4, 0.5) is 0 Å². The summed E-state index contributed by atoms with van der Waals surface area (Å²) in [7, 11) is 0. The van der Waals surface area contributed by atoms with Crippen LogP contribution in [0, 0.1) is 0 Å². The number of aromatic nitrogens is 1. The van der Waals surface area contributed by atoms with Crippen molar-refractivity contribution in [3.05, 3.63) is 57.2 Å². The molecule has 1 aromatic carbocycles. The minimum Gasteiger partial charge on any atom is -0.486 e. The zero-order valence-corrected chi connectivity index (χ0v) is 11.5. The minimum atomic E-state index is 0.544. The number of hydrogen-bond acceptors (Lipinski definition) is 2. The summed E-state index contributed by atoms with van der Waals surface area (Å²) in [5.74, 6) is 0.777. The molecular weight excluding hydrogens is 334 g/mol. The van der Waals surface area contributed by atoms with Crippen molar-refractivity contribution in [1.82, 2.24) is 4.98 Å². The topological polar surface area (TPSA) is 22.1 Å². The molecule has 16 heavy (non-hydrogen) atoms. The Labute approximate surface area is 111 Å². The van der Waals surface area contributed by atoms with Gasteiger partial charge in [0, 0.05) is 12.4 Å². The highest BCUT2D eigenvalue weighted by atomic mass is 79.9. The van der Waals surface area contributed by atoms with Crippen LogP contribution in [0.3, 0.4) is 0 Å². The number of rotatable bonds is 3. The summed E-state index contributed by atoms with van der Waals surface area (Å²) in [6, 6.07) is 10.0. The molecule has 0 N–H and O–H groups in total. The number of hydrogen-bond donors (Lipinski definition) is 0. The second kappa shape index (κ2) is 5.46. The normalized spacial score (nSPS) is 10.1. The van der Waals surface area contributed by atoms with E-state index in [0.29, 0.717) is 6.61 Å². The van der Waals surface area contributed by atoms with Crippen LogP contribution in [0.5, 0.6) is 5.75 Å². The van der Waals surface area contributed by atoms with Gasteiger partial charge in [-0.25, -0.2) is 0 Å². The fourth-order valence-corrected chi connectivity index (χ4v) is 2.43. The van der Waals surface area contributed by atoms with Gasteiger partial charge in [0.1, 0.15) is 6.61 Å². The van der Waals surface area contributed by atoms with Gasteiger partial charge >= 0.3 is 0 Å². The molecule has 0 atom stereocenters. The minimum absolute atomic E-state index is 0.544. The van der Waals surface area contributed by atoms with Gasteiger partial charge in [-0.05, 0) is 37.4 Å². The van der Waals surface area contributed by atoms with Crippen LogP contribution in [0.25, 0.3) is 0 Å². The van der Waals surface area contributed by atoms with E-state index < -0.39 is 0 Å². The van der Waals surface area contributed by atoms with Gasteiger partial charge in [0.05, 0.1) is 8.95 Å². The Morgan fingerprint density at radius 1 is 1.00 bits per heavy atom. The Morgan fingerprint density at radius 3 is 2.25 bits per heavy atom. The quantitative estimate of drug-likeness (QED) is 0.834. The molecule has 2 rings (SSSR count). The highest BCUT2D eigenvalue weighted by molar-refractivity contribution is 9.11. The predicted molar refractivity (Wildman–Crippen MR) is 70.4 cm³/mol. The van der Waals surface area contributed by atoms with Crippen LogP contribution >= 0.6 is 31.9 Å². The van der Waals surface area contributed by atoms with Crippen LogP contribution in [0.15, 0.2) is 51.7 Å². The Hall–Kier alpha value is -0.870. The van der Waals surface area contributed by atoms with Crippen LogP contribution in [0.2, 0.25) is 0 Å². The van der Waals surface area contributed by atoms with Crippen molar-refractivity contribution in [1.29, 1.82) is 0 Å². The van der Waals surface area contributed by atoms with E-state index in [4.69, 9.17) is 4.74 Å². The summed E-state index contributed by atoms with van der Waals surface area (Å²) < 4.78 is 7.41. The number of halogens is 2. The summed E-state index contributed by atoms with van der Waals surface area (Å²) in [4.78, 5) is 4.03. The van der Waals surface area contributed by atoms with E-state index in [2.05, 4.69) is 36.8 Å². The Morgan fingerprint density at radius 2 is 1.62 bits per heavy atom. The lowest BCUT2D eigenvalue weighted by Crippen LogP contribution is -1.96. The zero-order chi connectivity index (χ0) is 11.4. The molecule has 2 nitrogen and oxygen atoms in total. The van der Waals surface area contributed by atoms with Gasteiger partial charge in [0.15, 0.2) is 5.75 Å². The molecule has 1 aromatic heterocycles. The van der Waals surface area contributed by atoms with Crippen molar-refractivity contribution in [2.24, 2.45) is 0 Å². The standard InChI is InChI=1S/C12H9Br2NO/c13-10-6-15-7-11(14)12(10)16-8-9-4-2-1-3-5-9/h1-7H,8H2. The molecule has 1 heterocycles. The molecule has 0 saturated heterocycles. The van der Waals surface area contributed by atoms with Gasteiger partial charge in [-0.2, -0.15) is 0 Å². The molecule has 0 aliphatic rings. The Kier molecular flexibility index (Phi) is 3.96. The number of ether oxygens (including phenoxy) is 1. The molecule has 0 unspecified atom stereocenters. The third-order valence-electron chi connectivity index (χ3n) is 2.04. The SMILES string of the molecule is Brc1cncc(Br)c1OCc1ccccc1. The summed E-state index contributed by atoms with van der Waals surface area (Å²) in [6.45, 7) is 0.544. The van der Waals surface area contributed by atoms with Crippen LogP contribution in [-0.4, -0.2) is 4.98 Å². The van der Waals surface area contributed by atoms with E-state index in [1.807, 2.05) is 30.3 Å². The lowest BCUT2D eigenvalue weighted by molar-refractivity contribution is 0.302. The van der Waals surface area contributed by atoms with Crippen molar-refractivity contribution in [3.8, 4) is 5.75 Å². The maximum absolute atomic E-state index is 5.72. The van der Waals surface area contributed by atoms with Crippen molar-refractivity contribution in [2.75, 3.05) is 0 Å². The first-order valence-corrected chi connectivity index (χ1v) is 6.31. The molecule has 82 valence electrons. The van der Waals surface area contributed by atoms with Gasteiger partial charge in [-0.1, -0.05) is 30.3 Å². The predicted octanol–water partition coefficient (Wildman–Crippen LogP) is 4.19. The maximum atomic E-state index is 5.72. The van der Waals surface area contributed by atoms with Gasteiger partial charge < -0.3 is 4.74 Å². The van der Waals surface area contributed by atoms with Gasteiger partial charge in [-0.15, -0.1) is 0 Å². The highest BCUT2D eigenvalue weighted by Gasteiger charge is 2.06. The molecule has 0 radical (unpaired) electrons. The summed E-state index contributed by atoms with van der Waals surface area (Å²) in [5, 5.41) is 0. The number of pyridine rings is 1. The van der Waals surface area contributed by atoms with E-state index in [-0.39, 0.29) is 0 Å². The Balaban J connectivity index is 2.11. The monoisotopic (exact) mass is 341 g/mol. The number of nitrogens with zero attached hydrogens (tertiary/aromatic N) is 1. The molecule has 0 amide bonds. The van der Waals surface area contributed by atoms with E-state index in [0.717, 1.165) is 20.3 Å². The highest BCUT2D eigenvalue weighted by Crippen LogP contribution is 2.32. The average molecular weight is 343 g/mol. The lowest BCUT2D eigenvalue weighted by Gasteiger charge is -2.09. The van der Waals surface area contributed by atoms with Crippen LogP contribution in [0.1, 0.15) is 5.56 Å². The third-order valence-corrected chi connectivity index (χ3v) is 3.17. The molecule has 0 spiro atoms. The van der Waals surface area contributed by atoms with Crippen molar-refractivity contribution in [3.63, 3.8) is 0 Å². The molecule has 2 aromatic rings. The van der Waals surface area contributed by atoms with E-state index in [1.165, 1.54) is 0 Å².